The fraction of sp³-hybridized carbons (Fsp3) is 0.304. The molecule has 1 N–H and O–H groups in total. The highest BCUT2D eigenvalue weighted by Gasteiger charge is 2.37. The first kappa shape index (κ1) is 20.7. The maximum Gasteiger partial charge on any atom is 0.283 e. The van der Waals surface area contributed by atoms with Crippen molar-refractivity contribution in [3.63, 3.8) is 0 Å². The van der Waals surface area contributed by atoms with E-state index in [1.807, 2.05) is 19.9 Å². The number of thioether (sulfide) groups is 1. The molecule has 32 heavy (non-hydrogen) atoms. The molecule has 3 aliphatic heterocycles. The lowest BCUT2D eigenvalue weighted by Crippen LogP contribution is -2.39. The number of hydrogen-bond acceptors (Lipinski definition) is 6. The van der Waals surface area contributed by atoms with E-state index in [4.69, 9.17) is 10.1 Å². The zero-order valence-corrected chi connectivity index (χ0v) is 19.1. The molecular weight excluding hydrogens is 424 g/mol. The standard InChI is InChI=1S/C23H24N6O2S/c1-14-4-6-18(7-5-14)28-15(2)12-17(16(28)3)13-19-20(24)29-22(25-21(19)30)32-23(26-29)27-8-10-31-11-9-27/h4-7,12-13,24H,8-11H2,1-3H3/b19-13+,24-20?. The first-order valence-corrected chi connectivity index (χ1v) is 11.3. The van der Waals surface area contributed by atoms with Gasteiger partial charge in [-0.3, -0.25) is 10.2 Å². The Kier molecular flexibility index (Phi) is 5.22. The highest BCUT2D eigenvalue weighted by atomic mass is 32.2. The van der Waals surface area contributed by atoms with Gasteiger partial charge in [0.2, 0.25) is 5.17 Å². The molecule has 9 heteroatoms. The van der Waals surface area contributed by atoms with Crippen LogP contribution in [0.3, 0.4) is 0 Å². The van der Waals surface area contributed by atoms with Crippen LogP contribution in [-0.2, 0) is 9.53 Å². The molecule has 0 unspecified atom stereocenters. The Morgan fingerprint density at radius 3 is 2.53 bits per heavy atom. The minimum absolute atomic E-state index is 0.0518. The highest BCUT2D eigenvalue weighted by Crippen LogP contribution is 2.31. The van der Waals surface area contributed by atoms with Crippen molar-refractivity contribution in [3.8, 4) is 5.69 Å². The van der Waals surface area contributed by atoms with Crippen LogP contribution in [0, 0.1) is 26.2 Å². The molecule has 1 aromatic heterocycles. The lowest BCUT2D eigenvalue weighted by Gasteiger charge is -2.26. The zero-order valence-electron chi connectivity index (χ0n) is 18.3. The average molecular weight is 449 g/mol. The monoisotopic (exact) mass is 448 g/mol. The fourth-order valence-corrected chi connectivity index (χ4v) is 4.99. The molecule has 0 aliphatic carbocycles. The molecule has 5 rings (SSSR count). The Balaban J connectivity index is 1.47. The lowest BCUT2D eigenvalue weighted by molar-refractivity contribution is -0.114. The number of carbonyl (C=O) groups excluding carboxylic acids is 1. The molecule has 164 valence electrons. The second-order valence-corrected chi connectivity index (χ2v) is 8.93. The Morgan fingerprint density at radius 2 is 1.81 bits per heavy atom. The number of aryl methyl sites for hydroxylation is 2. The molecule has 1 saturated heterocycles. The van der Waals surface area contributed by atoms with E-state index in [-0.39, 0.29) is 11.4 Å². The number of nitrogens with one attached hydrogen (secondary N) is 1. The van der Waals surface area contributed by atoms with Gasteiger partial charge in [0.1, 0.15) is 0 Å². The Bertz CT molecular complexity index is 1200. The molecule has 0 spiro atoms. The van der Waals surface area contributed by atoms with Gasteiger partial charge in [-0.15, -0.1) is 5.10 Å². The summed E-state index contributed by atoms with van der Waals surface area (Å²) in [7, 11) is 0. The predicted octanol–water partition coefficient (Wildman–Crippen LogP) is 3.31. The SMILES string of the molecule is Cc1ccc(-n2c(C)cc(/C=C3\C(=N)N4N=C(N5CCOCC5)SC4=NC3=O)c2C)cc1. The van der Waals surface area contributed by atoms with Crippen molar-refractivity contribution in [2.24, 2.45) is 10.1 Å². The summed E-state index contributed by atoms with van der Waals surface area (Å²) in [5, 5.41) is 15.9. The average Bonchev–Trinajstić information content (AvgIpc) is 3.33. The van der Waals surface area contributed by atoms with Crippen LogP contribution in [0.15, 0.2) is 46.0 Å². The van der Waals surface area contributed by atoms with Gasteiger partial charge >= 0.3 is 0 Å². The third-order valence-corrected chi connectivity index (χ3v) is 6.76. The van der Waals surface area contributed by atoms with Crippen LogP contribution in [-0.4, -0.2) is 62.9 Å². The molecule has 1 fully saturated rings. The molecule has 0 saturated carbocycles. The zero-order chi connectivity index (χ0) is 22.4. The number of fused-ring (bicyclic) bond motifs is 1. The van der Waals surface area contributed by atoms with E-state index in [1.54, 1.807) is 6.08 Å². The van der Waals surface area contributed by atoms with Gasteiger partial charge in [0.05, 0.1) is 18.8 Å². The van der Waals surface area contributed by atoms with Crippen LogP contribution < -0.4 is 0 Å². The minimum atomic E-state index is -0.410. The summed E-state index contributed by atoms with van der Waals surface area (Å²) in [5.74, 6) is -0.358. The topological polar surface area (TPSA) is 86.3 Å². The van der Waals surface area contributed by atoms with Crippen LogP contribution in [0.2, 0.25) is 0 Å². The van der Waals surface area contributed by atoms with E-state index in [1.165, 1.54) is 22.3 Å². The number of benzene rings is 1. The van der Waals surface area contributed by atoms with Gasteiger partial charge in [0, 0.05) is 30.2 Å². The number of morpholine rings is 1. The predicted molar refractivity (Wildman–Crippen MR) is 127 cm³/mol. The number of hydrazone groups is 1. The molecular formula is C23H24N6O2S. The molecule has 3 aliphatic rings. The summed E-state index contributed by atoms with van der Waals surface area (Å²) in [6.07, 6.45) is 1.75. The van der Waals surface area contributed by atoms with Gasteiger partial charge < -0.3 is 14.2 Å². The number of amidine groups is 3. The van der Waals surface area contributed by atoms with Crippen LogP contribution in [0.5, 0.6) is 0 Å². The second-order valence-electron chi connectivity index (χ2n) is 8.00. The number of rotatable bonds is 2. The normalized spacial score (nSPS) is 20.0. The van der Waals surface area contributed by atoms with Crippen molar-refractivity contribution in [2.45, 2.75) is 20.8 Å². The number of amides is 1. The Hall–Kier alpha value is -3.17. The van der Waals surface area contributed by atoms with E-state index in [9.17, 15) is 4.79 Å². The first-order valence-electron chi connectivity index (χ1n) is 10.5. The third-order valence-electron chi connectivity index (χ3n) is 5.79. The molecule has 0 atom stereocenters. The number of hydrogen-bond donors (Lipinski definition) is 1. The maximum absolute atomic E-state index is 12.8. The van der Waals surface area contributed by atoms with Gasteiger partial charge in [-0.05, 0) is 62.4 Å². The fourth-order valence-electron chi connectivity index (χ4n) is 4.04. The van der Waals surface area contributed by atoms with Gasteiger partial charge in [0.25, 0.3) is 5.91 Å². The van der Waals surface area contributed by atoms with E-state index in [0.717, 1.165) is 40.9 Å². The van der Waals surface area contributed by atoms with Crippen LogP contribution in [0.4, 0.5) is 0 Å². The van der Waals surface area contributed by atoms with Crippen molar-refractivity contribution >= 4 is 39.9 Å². The largest absolute Gasteiger partial charge is 0.378 e. The quantitative estimate of drug-likeness (QED) is 0.713. The third kappa shape index (κ3) is 3.57. The molecule has 8 nitrogen and oxygen atoms in total. The summed E-state index contributed by atoms with van der Waals surface area (Å²) in [5.41, 5.74) is 5.46. The number of carbonyl (C=O) groups is 1. The summed E-state index contributed by atoms with van der Waals surface area (Å²) in [6.45, 7) is 8.88. The van der Waals surface area contributed by atoms with E-state index in [0.29, 0.717) is 18.4 Å². The number of aliphatic imine (C=N–C) groups is 1. The number of ether oxygens (including phenoxy) is 1. The Labute approximate surface area is 190 Å². The summed E-state index contributed by atoms with van der Waals surface area (Å²) >= 11 is 1.33. The number of aromatic nitrogens is 1. The van der Waals surface area contributed by atoms with Gasteiger partial charge in [-0.2, -0.15) is 10.0 Å². The minimum Gasteiger partial charge on any atom is -0.378 e. The van der Waals surface area contributed by atoms with Gasteiger partial charge in [-0.1, -0.05) is 17.7 Å². The van der Waals surface area contributed by atoms with Crippen molar-refractivity contribution in [2.75, 3.05) is 26.3 Å². The van der Waals surface area contributed by atoms with Gasteiger partial charge in [-0.25, -0.2) is 0 Å². The molecule has 0 bridgehead atoms. The molecule has 1 amide bonds. The van der Waals surface area contributed by atoms with E-state index >= 15 is 0 Å². The van der Waals surface area contributed by atoms with Crippen molar-refractivity contribution in [1.29, 1.82) is 5.41 Å². The first-order chi connectivity index (χ1) is 15.4. The molecule has 0 radical (unpaired) electrons. The Morgan fingerprint density at radius 1 is 1.09 bits per heavy atom. The molecule has 1 aromatic carbocycles. The lowest BCUT2D eigenvalue weighted by atomic mass is 10.1. The molecule has 4 heterocycles. The second kappa shape index (κ2) is 8.07. The van der Waals surface area contributed by atoms with Crippen LogP contribution in [0.25, 0.3) is 11.8 Å². The van der Waals surface area contributed by atoms with Crippen molar-refractivity contribution in [1.82, 2.24) is 14.5 Å². The van der Waals surface area contributed by atoms with Crippen LogP contribution >= 0.6 is 11.8 Å². The smallest absolute Gasteiger partial charge is 0.283 e. The van der Waals surface area contributed by atoms with Gasteiger partial charge in [0.15, 0.2) is 11.0 Å². The van der Waals surface area contributed by atoms with E-state index < -0.39 is 5.91 Å². The molecule has 2 aromatic rings. The summed E-state index contributed by atoms with van der Waals surface area (Å²) in [6, 6.07) is 10.4. The highest BCUT2D eigenvalue weighted by molar-refractivity contribution is 8.26. The maximum atomic E-state index is 12.8. The van der Waals surface area contributed by atoms with Crippen LogP contribution in [0.1, 0.15) is 22.5 Å². The van der Waals surface area contributed by atoms with Crippen molar-refractivity contribution < 1.29 is 9.53 Å². The van der Waals surface area contributed by atoms with E-state index in [2.05, 4.69) is 50.8 Å². The number of nitrogens with zero attached hydrogens (tertiary/aromatic N) is 5. The summed E-state index contributed by atoms with van der Waals surface area (Å²) < 4.78 is 7.55. The summed E-state index contributed by atoms with van der Waals surface area (Å²) in [4.78, 5) is 19.1. The van der Waals surface area contributed by atoms with Crippen molar-refractivity contribution in [3.05, 3.63) is 58.4 Å².